The van der Waals surface area contributed by atoms with Crippen molar-refractivity contribution in [2.24, 2.45) is 0 Å². The summed E-state index contributed by atoms with van der Waals surface area (Å²) >= 11 is 0. The highest BCUT2D eigenvalue weighted by atomic mass is 32.2. The van der Waals surface area contributed by atoms with E-state index in [1.165, 1.54) is 6.07 Å². The van der Waals surface area contributed by atoms with E-state index in [2.05, 4.69) is 10.0 Å². The summed E-state index contributed by atoms with van der Waals surface area (Å²) in [6.07, 6.45) is 2.80. The van der Waals surface area contributed by atoms with E-state index in [0.29, 0.717) is 34.7 Å². The fourth-order valence-electron chi connectivity index (χ4n) is 2.36. The first kappa shape index (κ1) is 21.4. The highest BCUT2D eigenvalue weighted by Gasteiger charge is 2.12. The van der Waals surface area contributed by atoms with Crippen LogP contribution in [0.5, 0.6) is 0 Å². The Hall–Kier alpha value is -2.87. The molecule has 0 aliphatic heterocycles. The number of hydrogen-bond acceptors (Lipinski definition) is 5. The van der Waals surface area contributed by atoms with Gasteiger partial charge in [0.1, 0.15) is 0 Å². The van der Waals surface area contributed by atoms with Gasteiger partial charge in [-0.1, -0.05) is 19.4 Å². The van der Waals surface area contributed by atoms with E-state index in [9.17, 15) is 18.0 Å². The molecule has 7 nitrogen and oxygen atoms in total. The van der Waals surface area contributed by atoms with Crippen molar-refractivity contribution in [3.8, 4) is 0 Å². The molecule has 0 aliphatic carbocycles. The van der Waals surface area contributed by atoms with E-state index in [4.69, 9.17) is 4.74 Å². The number of hydrogen-bond donors (Lipinski definition) is 2. The van der Waals surface area contributed by atoms with Crippen molar-refractivity contribution in [2.45, 2.75) is 26.7 Å². The SMILES string of the molecule is CCCCOC(=O)c1ccc(NC(=O)c2ccc(C)c(NS(C)(=O)=O)c2)cc1. The number of ether oxygens (including phenoxy) is 1. The Morgan fingerprint density at radius 2 is 1.68 bits per heavy atom. The quantitative estimate of drug-likeness (QED) is 0.517. The first-order valence-corrected chi connectivity index (χ1v) is 10.8. The number of carbonyl (C=O) groups excluding carboxylic acids is 2. The summed E-state index contributed by atoms with van der Waals surface area (Å²) < 4.78 is 30.4. The van der Waals surface area contributed by atoms with Gasteiger partial charge in [0, 0.05) is 11.3 Å². The monoisotopic (exact) mass is 404 g/mol. The molecule has 2 N–H and O–H groups in total. The van der Waals surface area contributed by atoms with E-state index in [1.54, 1.807) is 43.3 Å². The van der Waals surface area contributed by atoms with E-state index in [-0.39, 0.29) is 0 Å². The molecule has 0 saturated carbocycles. The lowest BCUT2D eigenvalue weighted by atomic mass is 10.1. The summed E-state index contributed by atoms with van der Waals surface area (Å²) in [6, 6.07) is 11.1. The molecule has 0 heterocycles. The van der Waals surface area contributed by atoms with Gasteiger partial charge in [-0.3, -0.25) is 9.52 Å². The molecule has 0 fully saturated rings. The first-order valence-electron chi connectivity index (χ1n) is 8.86. The maximum Gasteiger partial charge on any atom is 0.338 e. The summed E-state index contributed by atoms with van der Waals surface area (Å²) in [5, 5.41) is 2.72. The third-order valence-corrected chi connectivity index (χ3v) is 4.50. The molecule has 2 aromatic rings. The van der Waals surface area contributed by atoms with Crippen molar-refractivity contribution in [3.63, 3.8) is 0 Å². The van der Waals surface area contributed by atoms with Gasteiger partial charge in [-0.15, -0.1) is 0 Å². The lowest BCUT2D eigenvalue weighted by Crippen LogP contribution is -2.15. The number of anilines is 2. The first-order chi connectivity index (χ1) is 13.2. The van der Waals surface area contributed by atoms with Crippen LogP contribution in [0.15, 0.2) is 42.5 Å². The average Bonchev–Trinajstić information content (AvgIpc) is 2.63. The zero-order valence-corrected chi connectivity index (χ0v) is 16.9. The largest absolute Gasteiger partial charge is 0.462 e. The second-order valence-electron chi connectivity index (χ2n) is 6.42. The van der Waals surface area contributed by atoms with Crippen LogP contribution in [0.25, 0.3) is 0 Å². The van der Waals surface area contributed by atoms with Gasteiger partial charge in [0.15, 0.2) is 0 Å². The van der Waals surface area contributed by atoms with Gasteiger partial charge in [0.2, 0.25) is 10.0 Å². The van der Waals surface area contributed by atoms with E-state index in [1.807, 2.05) is 6.92 Å². The molecule has 28 heavy (non-hydrogen) atoms. The number of esters is 1. The number of aryl methyl sites for hydroxylation is 1. The van der Waals surface area contributed by atoms with Crippen molar-refractivity contribution >= 4 is 33.3 Å². The smallest absolute Gasteiger partial charge is 0.338 e. The summed E-state index contributed by atoms with van der Waals surface area (Å²) in [5.41, 5.74) is 2.27. The number of unbranched alkanes of at least 4 members (excludes halogenated alkanes) is 1. The lowest BCUT2D eigenvalue weighted by molar-refractivity contribution is 0.0499. The second-order valence-corrected chi connectivity index (χ2v) is 8.17. The van der Waals surface area contributed by atoms with Crippen molar-refractivity contribution in [2.75, 3.05) is 22.9 Å². The molecular weight excluding hydrogens is 380 g/mol. The zero-order chi connectivity index (χ0) is 20.7. The topological polar surface area (TPSA) is 102 Å². The fraction of sp³-hybridized carbons (Fsp3) is 0.300. The maximum atomic E-state index is 12.5. The van der Waals surface area contributed by atoms with Gasteiger partial charge >= 0.3 is 5.97 Å². The molecule has 0 aliphatic rings. The molecule has 0 atom stereocenters. The van der Waals surface area contributed by atoms with Crippen LogP contribution in [0.2, 0.25) is 0 Å². The molecule has 0 unspecified atom stereocenters. The Labute approximate surface area is 165 Å². The number of sulfonamides is 1. The molecule has 0 radical (unpaired) electrons. The predicted molar refractivity (Wildman–Crippen MR) is 109 cm³/mol. The number of nitrogens with one attached hydrogen (secondary N) is 2. The zero-order valence-electron chi connectivity index (χ0n) is 16.1. The minimum absolute atomic E-state index is 0.305. The van der Waals surface area contributed by atoms with Gasteiger partial charge in [0.05, 0.1) is 24.1 Å². The third-order valence-electron chi connectivity index (χ3n) is 3.90. The van der Waals surface area contributed by atoms with Crippen molar-refractivity contribution in [1.82, 2.24) is 0 Å². The normalized spacial score (nSPS) is 11.0. The van der Waals surface area contributed by atoms with Crippen molar-refractivity contribution in [3.05, 3.63) is 59.2 Å². The maximum absolute atomic E-state index is 12.5. The molecule has 1 amide bonds. The van der Waals surface area contributed by atoms with Crippen LogP contribution in [-0.2, 0) is 14.8 Å². The van der Waals surface area contributed by atoms with Gasteiger partial charge in [-0.05, 0) is 55.3 Å². The van der Waals surface area contributed by atoms with Gasteiger partial charge in [0.25, 0.3) is 5.91 Å². The summed E-state index contributed by atoms with van der Waals surface area (Å²) in [6.45, 7) is 4.14. The number of carbonyl (C=O) groups is 2. The van der Waals surface area contributed by atoms with Crippen LogP contribution in [0.1, 0.15) is 46.0 Å². The molecule has 2 rings (SSSR count). The Bertz CT molecular complexity index is 953. The summed E-state index contributed by atoms with van der Waals surface area (Å²) in [5.74, 6) is -0.795. The Morgan fingerprint density at radius 3 is 2.29 bits per heavy atom. The van der Waals surface area contributed by atoms with Crippen LogP contribution in [0.4, 0.5) is 11.4 Å². The van der Waals surface area contributed by atoms with Crippen LogP contribution >= 0.6 is 0 Å². The Kier molecular flexibility index (Phi) is 7.17. The molecule has 0 aromatic heterocycles. The van der Waals surface area contributed by atoms with Gasteiger partial charge in [-0.25, -0.2) is 13.2 Å². The molecule has 0 saturated heterocycles. The van der Waals surface area contributed by atoms with E-state index < -0.39 is 21.9 Å². The molecule has 2 aromatic carbocycles. The minimum atomic E-state index is -3.45. The Morgan fingerprint density at radius 1 is 1.04 bits per heavy atom. The molecule has 8 heteroatoms. The Balaban J connectivity index is 2.06. The van der Waals surface area contributed by atoms with Crippen molar-refractivity contribution < 1.29 is 22.7 Å². The van der Waals surface area contributed by atoms with E-state index >= 15 is 0 Å². The highest BCUT2D eigenvalue weighted by molar-refractivity contribution is 7.92. The third kappa shape index (κ3) is 6.38. The summed E-state index contributed by atoms with van der Waals surface area (Å²) in [7, 11) is -3.45. The van der Waals surface area contributed by atoms with Crippen LogP contribution in [0, 0.1) is 6.92 Å². The predicted octanol–water partition coefficient (Wildman–Crippen LogP) is 3.58. The van der Waals surface area contributed by atoms with Gasteiger partial charge in [-0.2, -0.15) is 0 Å². The van der Waals surface area contributed by atoms with Crippen molar-refractivity contribution in [1.29, 1.82) is 0 Å². The molecular formula is C20H24N2O5S. The molecule has 150 valence electrons. The van der Waals surface area contributed by atoms with E-state index in [0.717, 1.165) is 19.1 Å². The number of benzene rings is 2. The van der Waals surface area contributed by atoms with Crippen LogP contribution in [0.3, 0.4) is 0 Å². The fourth-order valence-corrected chi connectivity index (χ4v) is 2.98. The van der Waals surface area contributed by atoms with Crippen LogP contribution in [-0.4, -0.2) is 33.2 Å². The van der Waals surface area contributed by atoms with Gasteiger partial charge < -0.3 is 10.1 Å². The molecule has 0 bridgehead atoms. The standard InChI is InChI=1S/C20H24N2O5S/c1-4-5-12-27-20(24)15-8-10-17(11-9-15)21-19(23)16-7-6-14(2)18(13-16)22-28(3,25)26/h6-11,13,22H,4-5,12H2,1-3H3,(H,21,23). The minimum Gasteiger partial charge on any atom is -0.462 e. The summed E-state index contributed by atoms with van der Waals surface area (Å²) in [4.78, 5) is 24.3. The number of amides is 1. The van der Waals surface area contributed by atoms with Crippen LogP contribution < -0.4 is 10.0 Å². The lowest BCUT2D eigenvalue weighted by Gasteiger charge is -2.11. The number of rotatable bonds is 8. The molecule has 0 spiro atoms. The average molecular weight is 404 g/mol. The second kappa shape index (κ2) is 9.36. The highest BCUT2D eigenvalue weighted by Crippen LogP contribution is 2.19.